The van der Waals surface area contributed by atoms with Gasteiger partial charge in [0.25, 0.3) is 21.5 Å². The molecule has 3 aromatic rings. The molecular weight excluding hydrogens is 686 g/mol. The molecule has 0 radical (unpaired) electrons. The summed E-state index contributed by atoms with van der Waals surface area (Å²) in [5.74, 6) is -3.45. The smallest absolute Gasteiger partial charge is 0.477 e. The van der Waals surface area contributed by atoms with Gasteiger partial charge >= 0.3 is 12.1 Å². The maximum absolute atomic E-state index is 13.7. The summed E-state index contributed by atoms with van der Waals surface area (Å²) in [6.45, 7) is 2.13. The minimum atomic E-state index is -4.34. The molecule has 2 heterocycles. The fraction of sp³-hybridized carbons (Fsp3) is 0.258. The molecule has 49 heavy (non-hydrogen) atoms. The highest BCUT2D eigenvalue weighted by molar-refractivity contribution is 8.04. The standard InChI is InChI=1S/C31H27N3O13S2/c1-18-3-13-24(14-4-18)49(43,44)46-17-25-27(29(36)37)32-28(35)26(31(32,48-25)15-20-5-9-22(10-6-20)33(39)40)19(2)47-30(38)45-16-21-7-11-23(12-8-21)34(41)42/h3-14,19,26H,15-17H2,1-2H3,(H,36,37)/t19-,26+,31-/m1/s1. The fourth-order valence-corrected chi connectivity index (χ4v) is 8.24. The minimum absolute atomic E-state index is 0.0808. The van der Waals surface area contributed by atoms with Crippen molar-refractivity contribution in [2.24, 2.45) is 5.92 Å². The van der Waals surface area contributed by atoms with Crippen LogP contribution in [0.5, 0.6) is 0 Å². The van der Waals surface area contributed by atoms with Gasteiger partial charge in [-0.1, -0.05) is 41.6 Å². The van der Waals surface area contributed by atoms with Gasteiger partial charge in [0, 0.05) is 35.6 Å². The van der Waals surface area contributed by atoms with Crippen LogP contribution in [0.15, 0.2) is 88.3 Å². The van der Waals surface area contributed by atoms with Crippen LogP contribution in [-0.4, -0.2) is 63.9 Å². The molecule has 1 saturated heterocycles. The second-order valence-electron chi connectivity index (χ2n) is 11.1. The van der Waals surface area contributed by atoms with E-state index < -0.39 is 67.2 Å². The van der Waals surface area contributed by atoms with Crippen LogP contribution in [-0.2, 0) is 46.4 Å². The molecule has 1 N–H and O–H groups in total. The maximum Gasteiger partial charge on any atom is 0.508 e. The number of β-lactam (4-membered cyclic amide) rings is 1. The van der Waals surface area contributed by atoms with E-state index in [0.29, 0.717) is 11.1 Å². The third kappa shape index (κ3) is 7.10. The Balaban J connectivity index is 1.39. The molecule has 3 atom stereocenters. The van der Waals surface area contributed by atoms with Gasteiger partial charge in [0.1, 0.15) is 29.2 Å². The van der Waals surface area contributed by atoms with E-state index in [2.05, 4.69) is 0 Å². The molecule has 16 nitrogen and oxygen atoms in total. The summed E-state index contributed by atoms with van der Waals surface area (Å²) in [5, 5.41) is 32.3. The van der Waals surface area contributed by atoms with Gasteiger partial charge in [-0.05, 0) is 49.2 Å². The number of benzene rings is 3. The zero-order valence-corrected chi connectivity index (χ0v) is 27.3. The summed E-state index contributed by atoms with van der Waals surface area (Å²) < 4.78 is 41.7. The van der Waals surface area contributed by atoms with Gasteiger partial charge < -0.3 is 14.6 Å². The molecule has 0 spiro atoms. The van der Waals surface area contributed by atoms with Crippen molar-refractivity contribution in [1.82, 2.24) is 4.90 Å². The Morgan fingerprint density at radius 3 is 2.02 bits per heavy atom. The summed E-state index contributed by atoms with van der Waals surface area (Å²) in [7, 11) is -4.34. The van der Waals surface area contributed by atoms with Crippen LogP contribution in [0, 0.1) is 33.1 Å². The first-order valence-corrected chi connectivity index (χ1v) is 16.6. The Morgan fingerprint density at radius 1 is 0.939 bits per heavy atom. The number of nitrogens with zero attached hydrogens (tertiary/aromatic N) is 3. The zero-order valence-electron chi connectivity index (χ0n) is 25.7. The first-order valence-electron chi connectivity index (χ1n) is 14.4. The number of carbonyl (C=O) groups excluding carboxylic acids is 2. The number of fused-ring (bicyclic) bond motifs is 1. The van der Waals surface area contributed by atoms with Crippen molar-refractivity contribution >= 4 is 51.3 Å². The lowest BCUT2D eigenvalue weighted by Gasteiger charge is -2.54. The van der Waals surface area contributed by atoms with Gasteiger partial charge in [0.15, 0.2) is 0 Å². The Hall–Kier alpha value is -5.33. The Bertz CT molecular complexity index is 1960. The largest absolute Gasteiger partial charge is 0.508 e. The number of carboxylic acids is 1. The molecule has 2 aliphatic heterocycles. The Labute approximate surface area is 282 Å². The maximum atomic E-state index is 13.7. The highest BCUT2D eigenvalue weighted by atomic mass is 32.2. The number of carboxylic acid groups (broad SMARTS) is 1. The second kappa shape index (κ2) is 13.7. The highest BCUT2D eigenvalue weighted by Crippen LogP contribution is 2.60. The number of nitro groups is 2. The van der Waals surface area contributed by atoms with Crippen molar-refractivity contribution in [3.05, 3.63) is 120 Å². The quantitative estimate of drug-likeness (QED) is 0.0834. The predicted octanol–water partition coefficient (Wildman–Crippen LogP) is 4.70. The van der Waals surface area contributed by atoms with Crippen molar-refractivity contribution in [2.45, 2.75) is 42.7 Å². The lowest BCUT2D eigenvalue weighted by Crippen LogP contribution is -2.71. The number of nitro benzene ring substituents is 2. The summed E-state index contributed by atoms with van der Waals surface area (Å²) in [6, 6.07) is 16.4. The van der Waals surface area contributed by atoms with Gasteiger partial charge in [-0.15, -0.1) is 0 Å². The van der Waals surface area contributed by atoms with E-state index in [1.54, 1.807) is 19.1 Å². The lowest BCUT2D eigenvalue weighted by molar-refractivity contribution is -0.385. The Morgan fingerprint density at radius 2 is 1.49 bits per heavy atom. The summed E-state index contributed by atoms with van der Waals surface area (Å²) in [4.78, 5) is 59.1. The van der Waals surface area contributed by atoms with Crippen LogP contribution in [0.25, 0.3) is 0 Å². The summed E-state index contributed by atoms with van der Waals surface area (Å²) >= 11 is 0.863. The molecular formula is C31H27N3O13S2. The normalized spacial score (nSPS) is 19.1. The SMILES string of the molecule is Cc1ccc(S(=O)(=O)OCC2=C(C(=O)O)N3C(=O)[C@H]([C@@H](C)OC(=O)OCc4ccc([N+](=O)[O-])cc4)[C@@]3(Cc3ccc([N+](=O)[O-])cc3)S2)cc1. The number of non-ortho nitro benzene ring substituents is 2. The van der Waals surface area contributed by atoms with E-state index in [1.165, 1.54) is 67.6 Å². The minimum Gasteiger partial charge on any atom is -0.477 e. The molecule has 5 rings (SSSR count). The number of aryl methyl sites for hydroxylation is 1. The number of aliphatic carboxylic acids is 1. The van der Waals surface area contributed by atoms with Gasteiger partial charge in [-0.3, -0.25) is 34.1 Å². The topological polar surface area (TPSA) is 223 Å². The van der Waals surface area contributed by atoms with Crippen LogP contribution in [0.3, 0.4) is 0 Å². The van der Waals surface area contributed by atoms with Gasteiger partial charge in [0.2, 0.25) is 5.91 Å². The third-order valence-corrected chi connectivity index (χ3v) is 10.6. The van der Waals surface area contributed by atoms with Crippen LogP contribution in [0.1, 0.15) is 23.6 Å². The van der Waals surface area contributed by atoms with E-state index in [0.717, 1.165) is 22.2 Å². The second-order valence-corrected chi connectivity index (χ2v) is 14.1. The molecule has 0 saturated carbocycles. The Kier molecular flexibility index (Phi) is 9.75. The number of carbonyl (C=O) groups is 3. The van der Waals surface area contributed by atoms with Crippen molar-refractivity contribution in [2.75, 3.05) is 6.61 Å². The highest BCUT2D eigenvalue weighted by Gasteiger charge is 2.69. The van der Waals surface area contributed by atoms with Crippen molar-refractivity contribution in [3.8, 4) is 0 Å². The zero-order chi connectivity index (χ0) is 35.7. The van der Waals surface area contributed by atoms with Crippen molar-refractivity contribution in [3.63, 3.8) is 0 Å². The van der Waals surface area contributed by atoms with E-state index in [1.807, 2.05) is 0 Å². The van der Waals surface area contributed by atoms with Crippen molar-refractivity contribution < 1.29 is 51.4 Å². The molecule has 256 valence electrons. The van der Waals surface area contributed by atoms with Crippen molar-refractivity contribution in [1.29, 1.82) is 0 Å². The van der Waals surface area contributed by atoms with E-state index >= 15 is 0 Å². The number of hydrogen-bond donors (Lipinski definition) is 1. The molecule has 2 aliphatic rings. The monoisotopic (exact) mass is 713 g/mol. The third-order valence-electron chi connectivity index (χ3n) is 7.86. The predicted molar refractivity (Wildman–Crippen MR) is 170 cm³/mol. The van der Waals surface area contributed by atoms with E-state index in [9.17, 15) is 48.1 Å². The van der Waals surface area contributed by atoms with Crippen LogP contribution in [0.4, 0.5) is 16.2 Å². The van der Waals surface area contributed by atoms with E-state index in [4.69, 9.17) is 13.7 Å². The molecule has 1 fully saturated rings. The van der Waals surface area contributed by atoms with Crippen LogP contribution < -0.4 is 0 Å². The van der Waals surface area contributed by atoms with E-state index in [-0.39, 0.29) is 34.2 Å². The lowest BCUT2D eigenvalue weighted by atomic mass is 9.78. The average Bonchev–Trinajstić information content (AvgIpc) is 3.33. The van der Waals surface area contributed by atoms with Gasteiger partial charge in [-0.25, -0.2) is 9.59 Å². The molecule has 0 unspecified atom stereocenters. The summed E-state index contributed by atoms with van der Waals surface area (Å²) in [5.41, 5.74) is 0.809. The molecule has 1 amide bonds. The first-order chi connectivity index (χ1) is 23.1. The van der Waals surface area contributed by atoms with Gasteiger partial charge in [0.05, 0.1) is 21.3 Å². The number of rotatable bonds is 13. The molecule has 0 aromatic heterocycles. The molecule has 0 aliphatic carbocycles. The van der Waals surface area contributed by atoms with Crippen LogP contribution >= 0.6 is 11.8 Å². The summed E-state index contributed by atoms with van der Waals surface area (Å²) in [6.07, 6.45) is -2.46. The fourth-order valence-electron chi connectivity index (χ4n) is 5.53. The average molecular weight is 714 g/mol. The number of amides is 1. The number of ether oxygens (including phenoxy) is 2. The van der Waals surface area contributed by atoms with Crippen LogP contribution in [0.2, 0.25) is 0 Å². The number of thioether (sulfide) groups is 1. The first kappa shape index (κ1) is 35.0. The molecule has 3 aromatic carbocycles. The van der Waals surface area contributed by atoms with Gasteiger partial charge in [-0.2, -0.15) is 8.42 Å². The number of hydrogen-bond acceptors (Lipinski definition) is 13. The molecule has 0 bridgehead atoms. The molecule has 18 heteroatoms.